The fourth-order valence-corrected chi connectivity index (χ4v) is 14.5. The molecule has 6 atom stereocenters. The number of esters is 4. The summed E-state index contributed by atoms with van der Waals surface area (Å²) in [5.74, 6) is 1.01. The summed E-state index contributed by atoms with van der Waals surface area (Å²) in [6.07, 6.45) is 61.2. The highest BCUT2D eigenvalue weighted by Gasteiger charge is 2.30. The molecule has 0 fully saturated rings. The molecule has 3 unspecified atom stereocenters. The second-order valence-corrected chi connectivity index (χ2v) is 34.8. The number of hydrogen-bond donors (Lipinski definition) is 3. The lowest BCUT2D eigenvalue weighted by molar-refractivity contribution is -0.161. The predicted octanol–water partition coefficient (Wildman–Crippen LogP) is 25.2. The highest BCUT2D eigenvalue weighted by molar-refractivity contribution is 7.47. The van der Waals surface area contributed by atoms with Gasteiger partial charge in [-0.25, -0.2) is 9.13 Å². The third-order valence-corrected chi connectivity index (χ3v) is 21.8. The van der Waals surface area contributed by atoms with Crippen molar-refractivity contribution in [2.75, 3.05) is 39.6 Å². The van der Waals surface area contributed by atoms with Crippen LogP contribution in [0.15, 0.2) is 0 Å². The molecule has 0 heterocycles. The predicted molar refractivity (Wildman–Crippen MR) is 423 cm³/mol. The molecule has 0 bridgehead atoms. The smallest absolute Gasteiger partial charge is 0.462 e. The summed E-state index contributed by atoms with van der Waals surface area (Å²) in [6.45, 7) is 14.3. The van der Waals surface area contributed by atoms with Crippen LogP contribution in [0, 0.1) is 23.7 Å². The van der Waals surface area contributed by atoms with E-state index in [2.05, 4.69) is 55.4 Å². The van der Waals surface area contributed by atoms with E-state index in [-0.39, 0.29) is 25.7 Å². The van der Waals surface area contributed by atoms with Crippen molar-refractivity contribution in [3.63, 3.8) is 0 Å². The normalized spacial score (nSPS) is 14.2. The van der Waals surface area contributed by atoms with Crippen LogP contribution >= 0.6 is 15.6 Å². The van der Waals surface area contributed by atoms with Gasteiger partial charge in [-0.2, -0.15) is 0 Å². The largest absolute Gasteiger partial charge is 0.472 e. The Hall–Kier alpha value is -1.94. The highest BCUT2D eigenvalue weighted by atomic mass is 31.2. The van der Waals surface area contributed by atoms with E-state index in [1.807, 2.05) is 0 Å². The van der Waals surface area contributed by atoms with Gasteiger partial charge in [0.25, 0.3) is 0 Å². The standard InChI is InChI=1S/C84H164O17P2/c1-9-77(8)63-55-47-42-43-49-57-65-82(87)95-71-80(101-83(88)66-58-50-40-34-28-22-18-14-16-20-25-31-37-45-53-61-75(4)5)73-99-103(92,93)97-69-78(85)68-96-102(90,91)98-72-79(100-84(89)67-59-51-41-35-29-23-26-32-38-46-54-62-76(6)7)70-94-81(86)64-56-48-39-33-27-21-17-13-11-10-12-15-19-24-30-36-44-52-60-74(2)3/h74-80,85H,9-73H2,1-8H3,(H,90,91)(H,92,93)/t77?,78-,79-,80-/m1/s1. The number of phosphoric ester groups is 2. The lowest BCUT2D eigenvalue weighted by Gasteiger charge is -2.21. The summed E-state index contributed by atoms with van der Waals surface area (Å²) >= 11 is 0. The first-order chi connectivity index (χ1) is 49.6. The lowest BCUT2D eigenvalue weighted by atomic mass is 10.00. The van der Waals surface area contributed by atoms with Gasteiger partial charge >= 0.3 is 39.5 Å². The third-order valence-electron chi connectivity index (χ3n) is 19.9. The zero-order valence-corrected chi connectivity index (χ0v) is 69.7. The van der Waals surface area contributed by atoms with E-state index in [1.165, 1.54) is 231 Å². The first-order valence-electron chi connectivity index (χ1n) is 43.2. The average Bonchev–Trinajstić information content (AvgIpc) is 0.908. The number of carbonyl (C=O) groups excluding carboxylic acids is 4. The molecule has 0 aliphatic rings. The molecule has 0 saturated heterocycles. The molecule has 0 saturated carbocycles. The van der Waals surface area contributed by atoms with Gasteiger partial charge in [0.05, 0.1) is 26.4 Å². The van der Waals surface area contributed by atoms with Crippen molar-refractivity contribution < 1.29 is 80.2 Å². The van der Waals surface area contributed by atoms with Gasteiger partial charge in [0, 0.05) is 25.7 Å². The van der Waals surface area contributed by atoms with Gasteiger partial charge in [-0.3, -0.25) is 37.3 Å². The summed E-state index contributed by atoms with van der Waals surface area (Å²) in [5.41, 5.74) is 0. The van der Waals surface area contributed by atoms with Crippen LogP contribution < -0.4 is 0 Å². The lowest BCUT2D eigenvalue weighted by Crippen LogP contribution is -2.30. The van der Waals surface area contributed by atoms with Gasteiger partial charge in [-0.1, -0.05) is 383 Å². The van der Waals surface area contributed by atoms with Crippen LogP contribution in [0.1, 0.15) is 434 Å². The Kier molecular flexibility index (Phi) is 71.5. The van der Waals surface area contributed by atoms with Gasteiger partial charge in [0.2, 0.25) is 0 Å². The summed E-state index contributed by atoms with van der Waals surface area (Å²) in [5, 5.41) is 10.7. The van der Waals surface area contributed by atoms with E-state index in [1.54, 1.807) is 0 Å². The SMILES string of the molecule is CCC(C)CCCCCCCCC(=O)OC[C@H](COP(=O)(O)OC[C@H](O)COP(=O)(O)OC[C@@H](COC(=O)CCCCCCCCCCCCCCCCCCCCC(C)C)OC(=O)CCCCCCCCCCCCCC(C)C)OC(=O)CCCCCCCCCCCCCCCCCC(C)C. The van der Waals surface area contributed by atoms with E-state index in [0.29, 0.717) is 25.7 Å². The zero-order chi connectivity index (χ0) is 76.0. The molecule has 0 aromatic heterocycles. The van der Waals surface area contributed by atoms with Crippen molar-refractivity contribution in [1.82, 2.24) is 0 Å². The number of aliphatic hydroxyl groups is 1. The van der Waals surface area contributed by atoms with Gasteiger partial charge < -0.3 is 33.8 Å². The van der Waals surface area contributed by atoms with Crippen molar-refractivity contribution in [1.29, 1.82) is 0 Å². The number of unbranched alkanes of at least 4 members (excludes halogenated alkanes) is 46. The summed E-state index contributed by atoms with van der Waals surface area (Å²) < 4.78 is 68.8. The van der Waals surface area contributed by atoms with E-state index >= 15 is 0 Å². The average molecular weight is 1510 g/mol. The highest BCUT2D eigenvalue weighted by Crippen LogP contribution is 2.45. The minimum absolute atomic E-state index is 0.107. The Labute approximate surface area is 632 Å². The zero-order valence-electron chi connectivity index (χ0n) is 68.0. The maximum atomic E-state index is 13.1. The van der Waals surface area contributed by atoms with Crippen molar-refractivity contribution in [2.45, 2.75) is 453 Å². The van der Waals surface area contributed by atoms with E-state index in [4.69, 9.17) is 37.0 Å². The van der Waals surface area contributed by atoms with Crippen molar-refractivity contribution >= 4 is 39.5 Å². The maximum Gasteiger partial charge on any atom is 0.472 e. The van der Waals surface area contributed by atoms with Crippen LogP contribution in [0.4, 0.5) is 0 Å². The van der Waals surface area contributed by atoms with Gasteiger partial charge in [-0.05, 0) is 49.4 Å². The fraction of sp³-hybridized carbons (Fsp3) is 0.952. The van der Waals surface area contributed by atoms with Crippen molar-refractivity contribution in [2.24, 2.45) is 23.7 Å². The molecule has 612 valence electrons. The monoisotopic (exact) mass is 1510 g/mol. The van der Waals surface area contributed by atoms with Crippen LogP contribution in [0.5, 0.6) is 0 Å². The molecule has 0 spiro atoms. The first kappa shape index (κ1) is 101. The molecule has 0 aromatic carbocycles. The Morgan fingerprint density at radius 2 is 0.466 bits per heavy atom. The molecular formula is C84H164O17P2. The molecule has 0 rings (SSSR count). The van der Waals surface area contributed by atoms with Crippen LogP contribution in [0.25, 0.3) is 0 Å². The molecule has 0 radical (unpaired) electrons. The van der Waals surface area contributed by atoms with Crippen LogP contribution in [-0.2, 0) is 65.4 Å². The number of ether oxygens (including phenoxy) is 4. The number of carbonyl (C=O) groups is 4. The third kappa shape index (κ3) is 76.6. The summed E-state index contributed by atoms with van der Waals surface area (Å²) in [7, 11) is -9.93. The number of aliphatic hydroxyl groups excluding tert-OH is 1. The Bertz CT molecular complexity index is 2010. The van der Waals surface area contributed by atoms with E-state index in [9.17, 15) is 43.2 Å². The van der Waals surface area contributed by atoms with Crippen LogP contribution in [-0.4, -0.2) is 96.7 Å². The number of rotatable bonds is 81. The Balaban J connectivity index is 5.20. The van der Waals surface area contributed by atoms with Crippen molar-refractivity contribution in [3.8, 4) is 0 Å². The molecule has 0 amide bonds. The fourth-order valence-electron chi connectivity index (χ4n) is 12.9. The topological polar surface area (TPSA) is 237 Å². The molecule has 0 aliphatic carbocycles. The molecule has 17 nitrogen and oxygen atoms in total. The van der Waals surface area contributed by atoms with Crippen LogP contribution in [0.2, 0.25) is 0 Å². The van der Waals surface area contributed by atoms with E-state index < -0.39 is 97.5 Å². The molecule has 19 heteroatoms. The second kappa shape index (κ2) is 72.9. The number of phosphoric acid groups is 2. The molecule has 0 aromatic rings. The van der Waals surface area contributed by atoms with Crippen molar-refractivity contribution in [3.05, 3.63) is 0 Å². The molecule has 103 heavy (non-hydrogen) atoms. The van der Waals surface area contributed by atoms with E-state index in [0.717, 1.165) is 120 Å². The summed E-state index contributed by atoms with van der Waals surface area (Å²) in [6, 6.07) is 0. The molecule has 0 aliphatic heterocycles. The van der Waals surface area contributed by atoms with Gasteiger partial charge in [-0.15, -0.1) is 0 Å². The Morgan fingerprint density at radius 1 is 0.272 bits per heavy atom. The molecular weight excluding hydrogens is 1340 g/mol. The van der Waals surface area contributed by atoms with Gasteiger partial charge in [0.1, 0.15) is 19.3 Å². The first-order valence-corrected chi connectivity index (χ1v) is 46.2. The second-order valence-electron chi connectivity index (χ2n) is 31.9. The minimum atomic E-state index is -4.96. The maximum absolute atomic E-state index is 13.1. The minimum Gasteiger partial charge on any atom is -0.462 e. The molecule has 3 N–H and O–H groups in total. The quantitative estimate of drug-likeness (QED) is 0.0222. The van der Waals surface area contributed by atoms with Crippen LogP contribution in [0.3, 0.4) is 0 Å². The van der Waals surface area contributed by atoms with Gasteiger partial charge in [0.15, 0.2) is 12.2 Å². The number of hydrogen-bond acceptors (Lipinski definition) is 15. The summed E-state index contributed by atoms with van der Waals surface area (Å²) in [4.78, 5) is 73.1. The Morgan fingerprint density at radius 3 is 0.689 bits per heavy atom.